The van der Waals surface area contributed by atoms with Gasteiger partial charge in [0.05, 0.1) is 0 Å². The molecule has 0 heterocycles. The monoisotopic (exact) mass is 485 g/mol. The number of phenols is 1. The maximum atomic E-state index is 14.3. The highest BCUT2D eigenvalue weighted by Gasteiger charge is 2.27. The topological polar surface area (TPSA) is 41.8 Å². The molecular formula is C22H20BrF4NO2. The van der Waals surface area contributed by atoms with Crippen molar-refractivity contribution in [2.75, 3.05) is 6.61 Å². The van der Waals surface area contributed by atoms with Crippen molar-refractivity contribution in [3.8, 4) is 11.5 Å². The predicted octanol–water partition coefficient (Wildman–Crippen LogP) is 7.07. The Morgan fingerprint density at radius 3 is 2.30 bits per heavy atom. The van der Waals surface area contributed by atoms with Gasteiger partial charge in [-0.3, -0.25) is 0 Å². The second-order valence-corrected chi connectivity index (χ2v) is 7.97. The van der Waals surface area contributed by atoms with Gasteiger partial charge in [-0.2, -0.15) is 8.78 Å². The molecule has 0 radical (unpaired) electrons. The summed E-state index contributed by atoms with van der Waals surface area (Å²) >= 11 is 3.36. The lowest BCUT2D eigenvalue weighted by Crippen LogP contribution is -2.06. The molecule has 0 aliphatic heterocycles. The van der Waals surface area contributed by atoms with Gasteiger partial charge in [0.2, 0.25) is 11.6 Å². The molecular weight excluding hydrogens is 466 g/mol. The second kappa shape index (κ2) is 9.64. The lowest BCUT2D eigenvalue weighted by Gasteiger charge is -2.23. The molecule has 160 valence electrons. The van der Waals surface area contributed by atoms with E-state index in [0.717, 1.165) is 38.3 Å². The van der Waals surface area contributed by atoms with E-state index in [9.17, 15) is 22.7 Å². The van der Waals surface area contributed by atoms with E-state index in [4.69, 9.17) is 0 Å². The quantitative estimate of drug-likeness (QED) is 0.205. The van der Waals surface area contributed by atoms with Crippen LogP contribution in [0.3, 0.4) is 0 Å². The molecule has 0 aromatic heterocycles. The number of rotatable bonds is 6. The Bertz CT molecular complexity index is 959. The third-order valence-electron chi connectivity index (χ3n) is 5.06. The van der Waals surface area contributed by atoms with Gasteiger partial charge in [0.1, 0.15) is 18.0 Å². The van der Waals surface area contributed by atoms with E-state index in [-0.39, 0.29) is 23.8 Å². The van der Waals surface area contributed by atoms with Crippen LogP contribution in [-0.4, -0.2) is 17.9 Å². The van der Waals surface area contributed by atoms with Crippen LogP contribution in [0.1, 0.15) is 49.1 Å². The number of hydrogen-bond acceptors (Lipinski definition) is 3. The molecule has 1 saturated carbocycles. The van der Waals surface area contributed by atoms with Gasteiger partial charge in [-0.25, -0.2) is 13.8 Å². The van der Waals surface area contributed by atoms with E-state index in [1.54, 1.807) is 6.07 Å². The summed E-state index contributed by atoms with van der Waals surface area (Å²) in [7, 11) is 0. The minimum atomic E-state index is -1.69. The van der Waals surface area contributed by atoms with Gasteiger partial charge in [0, 0.05) is 16.3 Å². The molecule has 0 amide bonds. The third kappa shape index (κ3) is 4.53. The van der Waals surface area contributed by atoms with Gasteiger partial charge in [-0.15, -0.1) is 0 Å². The standard InChI is InChI=1S/C22H20BrF4NO2/c1-2-8-30-22-18(26)16(24)20(17(25)19(22)27)28-11-13-9-14(23)10-15(21(13)29)12-6-4-3-5-7-12/h2,9-12,29H,1,3-8H2. The Kier molecular flexibility index (Phi) is 7.18. The lowest BCUT2D eigenvalue weighted by molar-refractivity contribution is 0.303. The van der Waals surface area contributed by atoms with E-state index in [1.807, 2.05) is 0 Å². The number of hydrogen-bond donors (Lipinski definition) is 1. The number of halogens is 5. The van der Waals surface area contributed by atoms with Crippen molar-refractivity contribution in [1.82, 2.24) is 0 Å². The molecule has 3 rings (SSSR count). The summed E-state index contributed by atoms with van der Waals surface area (Å²) in [5.41, 5.74) is -0.261. The van der Waals surface area contributed by atoms with E-state index in [2.05, 4.69) is 32.2 Å². The molecule has 0 atom stereocenters. The number of phenolic OH excluding ortho intramolecular Hbond substituents is 1. The van der Waals surface area contributed by atoms with Gasteiger partial charge in [-0.05, 0) is 36.5 Å². The van der Waals surface area contributed by atoms with Crippen LogP contribution in [0.5, 0.6) is 11.5 Å². The highest BCUT2D eigenvalue weighted by atomic mass is 79.9. The third-order valence-corrected chi connectivity index (χ3v) is 5.51. The van der Waals surface area contributed by atoms with Crippen LogP contribution in [0, 0.1) is 23.3 Å². The number of ether oxygens (including phenoxy) is 1. The summed E-state index contributed by atoms with van der Waals surface area (Å²) in [6.45, 7) is 2.98. The van der Waals surface area contributed by atoms with E-state index in [1.165, 1.54) is 12.1 Å². The Hall–Kier alpha value is -2.35. The van der Waals surface area contributed by atoms with Crippen molar-refractivity contribution in [3.63, 3.8) is 0 Å². The van der Waals surface area contributed by atoms with Gasteiger partial charge < -0.3 is 9.84 Å². The van der Waals surface area contributed by atoms with Crippen molar-refractivity contribution < 1.29 is 27.4 Å². The van der Waals surface area contributed by atoms with Crippen molar-refractivity contribution in [1.29, 1.82) is 0 Å². The largest absolute Gasteiger partial charge is 0.507 e. The summed E-state index contributed by atoms with van der Waals surface area (Å²) in [6, 6.07) is 3.31. The van der Waals surface area contributed by atoms with Gasteiger partial charge >= 0.3 is 0 Å². The Morgan fingerprint density at radius 1 is 1.07 bits per heavy atom. The zero-order valence-corrected chi connectivity index (χ0v) is 17.6. The average molecular weight is 486 g/mol. The molecule has 2 aromatic rings. The average Bonchev–Trinajstić information content (AvgIpc) is 2.75. The summed E-state index contributed by atoms with van der Waals surface area (Å²) in [5, 5.41) is 10.7. The first-order valence-electron chi connectivity index (χ1n) is 9.51. The maximum Gasteiger partial charge on any atom is 0.206 e. The van der Waals surface area contributed by atoms with Crippen LogP contribution >= 0.6 is 15.9 Å². The Labute approximate surface area is 180 Å². The zero-order chi connectivity index (χ0) is 21.8. The van der Waals surface area contributed by atoms with Crippen LogP contribution in [0.2, 0.25) is 0 Å². The first kappa shape index (κ1) is 22.3. The molecule has 2 aromatic carbocycles. The van der Waals surface area contributed by atoms with Crippen LogP contribution in [-0.2, 0) is 0 Å². The van der Waals surface area contributed by atoms with Crippen LogP contribution in [0.15, 0.2) is 34.3 Å². The fraction of sp³-hybridized carbons (Fsp3) is 0.318. The van der Waals surface area contributed by atoms with Crippen molar-refractivity contribution in [2.45, 2.75) is 38.0 Å². The van der Waals surface area contributed by atoms with Crippen LogP contribution in [0.4, 0.5) is 23.2 Å². The van der Waals surface area contributed by atoms with Gasteiger partial charge in [0.15, 0.2) is 17.4 Å². The molecule has 0 spiro atoms. The van der Waals surface area contributed by atoms with Crippen molar-refractivity contribution in [3.05, 3.63) is 63.7 Å². The molecule has 1 N–H and O–H groups in total. The number of nitrogens with zero attached hydrogens (tertiary/aromatic N) is 1. The highest BCUT2D eigenvalue weighted by molar-refractivity contribution is 9.10. The summed E-state index contributed by atoms with van der Waals surface area (Å²) in [6.07, 6.45) is 7.25. The first-order chi connectivity index (χ1) is 14.3. The number of aromatic hydroxyl groups is 1. The Balaban J connectivity index is 2.00. The maximum absolute atomic E-state index is 14.3. The molecule has 0 bridgehead atoms. The van der Waals surface area contributed by atoms with E-state index in [0.29, 0.717) is 10.0 Å². The zero-order valence-electron chi connectivity index (χ0n) is 16.0. The minimum Gasteiger partial charge on any atom is -0.507 e. The normalized spacial score (nSPS) is 15.0. The summed E-state index contributed by atoms with van der Waals surface area (Å²) in [5.74, 6) is -7.84. The first-order valence-corrected chi connectivity index (χ1v) is 10.3. The molecule has 3 nitrogen and oxygen atoms in total. The van der Waals surface area contributed by atoms with Crippen molar-refractivity contribution >= 4 is 27.8 Å². The SMILES string of the molecule is C=CCOc1c(F)c(F)c(N=Cc2cc(Br)cc(C3CCCCC3)c2O)c(F)c1F. The number of aliphatic imine (C=N–C) groups is 1. The number of benzene rings is 2. The van der Waals surface area contributed by atoms with Gasteiger partial charge in [0.25, 0.3) is 0 Å². The fourth-order valence-electron chi connectivity index (χ4n) is 3.58. The van der Waals surface area contributed by atoms with Crippen LogP contribution in [0.25, 0.3) is 0 Å². The summed E-state index contributed by atoms with van der Waals surface area (Å²) < 4.78 is 62.2. The molecule has 1 aliphatic carbocycles. The molecule has 8 heteroatoms. The minimum absolute atomic E-state index is 0.0680. The summed E-state index contributed by atoms with van der Waals surface area (Å²) in [4.78, 5) is 3.60. The molecule has 0 unspecified atom stereocenters. The highest BCUT2D eigenvalue weighted by Crippen LogP contribution is 2.40. The Morgan fingerprint density at radius 2 is 1.70 bits per heavy atom. The molecule has 0 saturated heterocycles. The smallest absolute Gasteiger partial charge is 0.206 e. The fourth-order valence-corrected chi connectivity index (χ4v) is 4.07. The van der Waals surface area contributed by atoms with E-state index >= 15 is 0 Å². The van der Waals surface area contributed by atoms with Crippen molar-refractivity contribution in [2.24, 2.45) is 4.99 Å². The molecule has 1 aliphatic rings. The predicted molar refractivity (Wildman–Crippen MR) is 111 cm³/mol. The second-order valence-electron chi connectivity index (χ2n) is 7.06. The lowest BCUT2D eigenvalue weighted by atomic mass is 9.83. The van der Waals surface area contributed by atoms with Crippen LogP contribution < -0.4 is 4.74 Å². The van der Waals surface area contributed by atoms with Gasteiger partial charge in [-0.1, -0.05) is 47.8 Å². The van der Waals surface area contributed by atoms with E-state index < -0.39 is 34.7 Å². The molecule has 1 fully saturated rings. The molecule has 30 heavy (non-hydrogen) atoms.